The molecule has 1 aliphatic heterocycles. The third-order valence-corrected chi connectivity index (χ3v) is 4.46. The summed E-state index contributed by atoms with van der Waals surface area (Å²) in [6.07, 6.45) is 3.16. The fourth-order valence-electron chi connectivity index (χ4n) is 3.18. The minimum absolute atomic E-state index is 0.0228. The van der Waals surface area contributed by atoms with Crippen molar-refractivity contribution in [2.75, 3.05) is 24.5 Å². The van der Waals surface area contributed by atoms with Gasteiger partial charge in [0.05, 0.1) is 0 Å². The largest absolute Gasteiger partial charge is 0.365 e. The highest BCUT2D eigenvalue weighted by Gasteiger charge is 2.27. The minimum atomic E-state index is -2.68. The number of aliphatic imine (C=N–C) groups is 1. The van der Waals surface area contributed by atoms with Crippen LogP contribution in [0, 0.1) is 11.6 Å². The predicted octanol–water partition coefficient (Wildman–Crippen LogP) is 2.89. The Labute approximate surface area is 160 Å². The number of guanidine groups is 1. The Morgan fingerprint density at radius 1 is 1.32 bits per heavy atom. The summed E-state index contributed by atoms with van der Waals surface area (Å²) < 4.78 is 54.5. The van der Waals surface area contributed by atoms with Gasteiger partial charge in [0, 0.05) is 38.1 Å². The van der Waals surface area contributed by atoms with E-state index in [2.05, 4.69) is 20.6 Å². The van der Waals surface area contributed by atoms with E-state index in [1.807, 2.05) is 6.92 Å². The van der Waals surface area contributed by atoms with Gasteiger partial charge in [0.25, 0.3) is 0 Å². The van der Waals surface area contributed by atoms with Crippen molar-refractivity contribution in [1.29, 1.82) is 0 Å². The number of hydrogen-bond donors (Lipinski definition) is 2. The monoisotopic (exact) mass is 398 g/mol. The molecule has 1 saturated heterocycles. The second-order valence-corrected chi connectivity index (χ2v) is 6.37. The standard InChI is InChI=1S/C18H22F4N6/c1-2-23-18(25-10-15-24-7-9-28(15)17(21)22)26-12-6-8-27(11-12)16-13(19)4-3-5-14(16)20/h3-5,7,9,12,17H,2,6,8,10-11H2,1H3,(H2,23,25,26). The number of rotatable bonds is 6. The van der Waals surface area contributed by atoms with Crippen molar-refractivity contribution in [2.45, 2.75) is 32.5 Å². The van der Waals surface area contributed by atoms with Crippen LogP contribution in [0.15, 0.2) is 35.6 Å². The third-order valence-electron chi connectivity index (χ3n) is 4.46. The van der Waals surface area contributed by atoms with Crippen LogP contribution in [0.1, 0.15) is 25.7 Å². The van der Waals surface area contributed by atoms with Gasteiger partial charge in [-0.15, -0.1) is 0 Å². The van der Waals surface area contributed by atoms with Crippen molar-refractivity contribution >= 4 is 11.6 Å². The van der Waals surface area contributed by atoms with E-state index in [4.69, 9.17) is 0 Å². The maximum atomic E-state index is 14.0. The quantitative estimate of drug-likeness (QED) is 0.446. The molecule has 0 aliphatic carbocycles. The third kappa shape index (κ3) is 4.55. The van der Waals surface area contributed by atoms with Gasteiger partial charge in [-0.2, -0.15) is 8.78 Å². The van der Waals surface area contributed by atoms with Crippen molar-refractivity contribution in [3.8, 4) is 0 Å². The van der Waals surface area contributed by atoms with Crippen LogP contribution < -0.4 is 15.5 Å². The summed E-state index contributed by atoms with van der Waals surface area (Å²) in [4.78, 5) is 9.86. The number of halogens is 4. The summed E-state index contributed by atoms with van der Waals surface area (Å²) in [5, 5.41) is 6.24. The van der Waals surface area contributed by atoms with Crippen LogP contribution in [0.5, 0.6) is 0 Å². The maximum Gasteiger partial charge on any atom is 0.319 e. The number of para-hydroxylation sites is 1. The van der Waals surface area contributed by atoms with Crippen molar-refractivity contribution in [2.24, 2.45) is 4.99 Å². The molecule has 0 spiro atoms. The molecule has 1 fully saturated rings. The Kier molecular flexibility index (Phi) is 6.37. The number of aromatic nitrogens is 2. The first-order valence-corrected chi connectivity index (χ1v) is 9.03. The van der Waals surface area contributed by atoms with Crippen LogP contribution >= 0.6 is 0 Å². The van der Waals surface area contributed by atoms with E-state index >= 15 is 0 Å². The summed E-state index contributed by atoms with van der Waals surface area (Å²) in [6.45, 7) is 0.645. The Hall–Kier alpha value is -2.78. The van der Waals surface area contributed by atoms with Gasteiger partial charge in [0.2, 0.25) is 0 Å². The maximum absolute atomic E-state index is 14.0. The van der Waals surface area contributed by atoms with E-state index in [1.54, 1.807) is 4.90 Å². The van der Waals surface area contributed by atoms with Crippen molar-refractivity contribution in [3.05, 3.63) is 48.1 Å². The highest BCUT2D eigenvalue weighted by molar-refractivity contribution is 5.80. The van der Waals surface area contributed by atoms with Gasteiger partial charge in [-0.3, -0.25) is 4.57 Å². The first-order valence-electron chi connectivity index (χ1n) is 9.03. The second kappa shape index (κ2) is 8.94. The number of imidazole rings is 1. The van der Waals surface area contributed by atoms with Crippen LogP contribution in [0.2, 0.25) is 0 Å². The van der Waals surface area contributed by atoms with Gasteiger partial charge in [0.15, 0.2) is 5.96 Å². The first-order chi connectivity index (χ1) is 13.5. The number of alkyl halides is 2. The molecule has 0 saturated carbocycles. The van der Waals surface area contributed by atoms with E-state index in [-0.39, 0.29) is 24.1 Å². The topological polar surface area (TPSA) is 57.5 Å². The molecule has 1 atom stereocenters. The number of benzene rings is 1. The second-order valence-electron chi connectivity index (χ2n) is 6.37. The van der Waals surface area contributed by atoms with Crippen LogP contribution in [0.25, 0.3) is 0 Å². The molecular weight excluding hydrogens is 376 g/mol. The summed E-state index contributed by atoms with van der Waals surface area (Å²) in [5.41, 5.74) is -0.0345. The fourth-order valence-corrected chi connectivity index (χ4v) is 3.18. The van der Waals surface area contributed by atoms with Gasteiger partial charge < -0.3 is 15.5 Å². The SMILES string of the molecule is CCNC(=NCc1nccn1C(F)F)NC1CCN(c2c(F)cccc2F)C1. The average molecular weight is 398 g/mol. The molecule has 1 aromatic heterocycles. The molecule has 152 valence electrons. The Bertz CT molecular complexity index is 802. The van der Waals surface area contributed by atoms with E-state index < -0.39 is 18.2 Å². The number of hydrogen-bond acceptors (Lipinski definition) is 3. The highest BCUT2D eigenvalue weighted by atomic mass is 19.3. The van der Waals surface area contributed by atoms with E-state index in [9.17, 15) is 17.6 Å². The molecule has 1 aliphatic rings. The first kappa shape index (κ1) is 20.0. The van der Waals surface area contributed by atoms with Gasteiger partial charge in [-0.05, 0) is 25.5 Å². The molecule has 3 rings (SSSR count). The molecule has 0 bridgehead atoms. The lowest BCUT2D eigenvalue weighted by molar-refractivity contribution is 0.0671. The summed E-state index contributed by atoms with van der Waals surface area (Å²) in [7, 11) is 0. The van der Waals surface area contributed by atoms with Crippen LogP contribution in [-0.2, 0) is 6.54 Å². The molecule has 2 heterocycles. The summed E-state index contributed by atoms with van der Waals surface area (Å²) >= 11 is 0. The van der Waals surface area contributed by atoms with Crippen LogP contribution in [0.4, 0.5) is 23.2 Å². The lowest BCUT2D eigenvalue weighted by Crippen LogP contribution is -2.44. The molecule has 2 N–H and O–H groups in total. The molecule has 1 aromatic carbocycles. The summed E-state index contributed by atoms with van der Waals surface area (Å²) in [6, 6.07) is 3.71. The van der Waals surface area contributed by atoms with Gasteiger partial charge >= 0.3 is 6.55 Å². The molecule has 0 radical (unpaired) electrons. The van der Waals surface area contributed by atoms with Crippen LogP contribution in [0.3, 0.4) is 0 Å². The zero-order valence-electron chi connectivity index (χ0n) is 15.4. The minimum Gasteiger partial charge on any atom is -0.365 e. The summed E-state index contributed by atoms with van der Waals surface area (Å²) in [5.74, 6) is -0.610. The average Bonchev–Trinajstić information content (AvgIpc) is 3.29. The molecule has 0 amide bonds. The smallest absolute Gasteiger partial charge is 0.319 e. The molecule has 6 nitrogen and oxygen atoms in total. The molecule has 10 heteroatoms. The molecule has 28 heavy (non-hydrogen) atoms. The number of nitrogens with one attached hydrogen (secondary N) is 2. The lowest BCUT2D eigenvalue weighted by atomic mass is 10.2. The Morgan fingerprint density at radius 3 is 2.75 bits per heavy atom. The molecule has 1 unspecified atom stereocenters. The van der Waals surface area contributed by atoms with Gasteiger partial charge in [-0.1, -0.05) is 6.07 Å². The molecular formula is C18H22F4N6. The lowest BCUT2D eigenvalue weighted by Gasteiger charge is -2.21. The Balaban J connectivity index is 1.65. The van der Waals surface area contributed by atoms with Crippen molar-refractivity contribution in [3.63, 3.8) is 0 Å². The van der Waals surface area contributed by atoms with E-state index in [1.165, 1.54) is 30.6 Å². The fraction of sp³-hybridized carbons (Fsp3) is 0.444. The van der Waals surface area contributed by atoms with Crippen molar-refractivity contribution < 1.29 is 17.6 Å². The Morgan fingerprint density at radius 2 is 2.07 bits per heavy atom. The van der Waals surface area contributed by atoms with E-state index in [0.29, 0.717) is 32.0 Å². The van der Waals surface area contributed by atoms with Crippen LogP contribution in [-0.4, -0.2) is 41.2 Å². The highest BCUT2D eigenvalue weighted by Crippen LogP contribution is 2.26. The number of nitrogens with zero attached hydrogens (tertiary/aromatic N) is 4. The number of anilines is 1. The van der Waals surface area contributed by atoms with Gasteiger partial charge in [0.1, 0.15) is 29.7 Å². The van der Waals surface area contributed by atoms with E-state index in [0.717, 1.165) is 4.57 Å². The van der Waals surface area contributed by atoms with Crippen molar-refractivity contribution in [1.82, 2.24) is 20.2 Å². The molecule has 2 aromatic rings. The van der Waals surface area contributed by atoms with Gasteiger partial charge in [-0.25, -0.2) is 18.8 Å². The zero-order chi connectivity index (χ0) is 20.1. The normalized spacial score (nSPS) is 17.4. The predicted molar refractivity (Wildman–Crippen MR) is 98.4 cm³/mol. The zero-order valence-corrected chi connectivity index (χ0v) is 15.4.